The van der Waals surface area contributed by atoms with Gasteiger partial charge in [-0.1, -0.05) is 71.6 Å². The largest absolute Gasteiger partial charge is 0.497 e. The lowest BCUT2D eigenvalue weighted by Crippen LogP contribution is -2.28. The Balaban J connectivity index is 0.000000329. The predicted octanol–water partition coefficient (Wildman–Crippen LogP) is 9.58. The summed E-state index contributed by atoms with van der Waals surface area (Å²) in [6.07, 6.45) is 15.1. The number of carbonyl (C=O) groups excluding carboxylic acids is 5. The second-order valence-electron chi connectivity index (χ2n) is 17.3. The van der Waals surface area contributed by atoms with Crippen LogP contribution in [0.1, 0.15) is 104 Å². The number of aromatic carboxylic acids is 1. The van der Waals surface area contributed by atoms with Gasteiger partial charge in [-0.15, -0.1) is 11.3 Å². The fourth-order valence-corrected chi connectivity index (χ4v) is 9.82. The molecule has 21 heteroatoms. The minimum atomic E-state index is -3.29. The number of amides is 3. The summed E-state index contributed by atoms with van der Waals surface area (Å²) in [5.41, 5.74) is 1.14. The highest BCUT2D eigenvalue weighted by atomic mass is 32.2. The van der Waals surface area contributed by atoms with Crippen LogP contribution in [0, 0.1) is 17.2 Å². The van der Waals surface area contributed by atoms with Crippen molar-refractivity contribution in [2.45, 2.75) is 78.1 Å². The number of unbranched alkanes of at least 4 members (excludes halogenated alkanes) is 9. The predicted molar refractivity (Wildman–Crippen MR) is 296 cm³/mol. The van der Waals surface area contributed by atoms with E-state index in [1.165, 1.54) is 102 Å². The highest BCUT2D eigenvalue weighted by Gasteiger charge is 2.36. The molecule has 76 heavy (non-hydrogen) atoms. The zero-order chi connectivity index (χ0) is 56.2. The van der Waals surface area contributed by atoms with Crippen molar-refractivity contribution in [2.75, 3.05) is 74.6 Å². The van der Waals surface area contributed by atoms with Gasteiger partial charge in [-0.2, -0.15) is 15.4 Å². The van der Waals surface area contributed by atoms with Crippen molar-refractivity contribution in [1.29, 1.82) is 5.26 Å². The van der Waals surface area contributed by atoms with Gasteiger partial charge in [0.2, 0.25) is 12.3 Å². The Morgan fingerprint density at radius 1 is 0.842 bits per heavy atom. The van der Waals surface area contributed by atoms with E-state index >= 15 is 0 Å². The Hall–Kier alpha value is -7.83. The van der Waals surface area contributed by atoms with Crippen molar-refractivity contribution in [2.24, 2.45) is 11.0 Å². The van der Waals surface area contributed by atoms with Crippen molar-refractivity contribution in [3.05, 3.63) is 112 Å². The van der Waals surface area contributed by atoms with Gasteiger partial charge >= 0.3 is 17.9 Å². The van der Waals surface area contributed by atoms with Gasteiger partial charge in [-0.25, -0.2) is 22.8 Å². The Kier molecular flexibility index (Phi) is 26.7. The molecule has 0 fully saturated rings. The number of nitrogens with zero attached hydrogens (tertiary/aromatic N) is 4. The first kappa shape index (κ1) is 62.5. The highest BCUT2D eigenvalue weighted by molar-refractivity contribution is 7.91. The molecule has 0 saturated carbocycles. The molecule has 5 rings (SSSR count). The number of nitriles is 1. The maximum Gasteiger partial charge on any atom is 0.338 e. The van der Waals surface area contributed by atoms with E-state index in [-0.39, 0.29) is 51.5 Å². The number of thiophene rings is 1. The van der Waals surface area contributed by atoms with E-state index < -0.39 is 33.6 Å². The maximum absolute atomic E-state index is 13.1. The number of carboxylic acid groups (broad SMARTS) is 1. The number of hydrazone groups is 1. The van der Waals surface area contributed by atoms with E-state index in [1.54, 1.807) is 62.6 Å². The number of ether oxygens (including phenoxy) is 4. The molecule has 3 aromatic carbocycles. The number of hydrogen-bond donors (Lipinski definition) is 3. The summed E-state index contributed by atoms with van der Waals surface area (Å²) in [7, 11) is 6.11. The fraction of sp³-hybridized carbons (Fsp3) is 0.382. The average Bonchev–Trinajstić information content (AvgIpc) is 4.03. The second kappa shape index (κ2) is 32.5. The number of anilines is 4. The zero-order valence-corrected chi connectivity index (χ0v) is 45.9. The SMILES string of the molecule is CCCCCCCCCCCCS(=O)(=O)CC(C)C(=O)Nc1ccc(OC)c(NC=O)c1.COC(=O)C(/C=C/c1ccc(N(C)C)s1)=C1C(=O)N(c2ccc(C(=O)O)cc2)N=C1C#N.COC(=O)c1ccc(OC)cc1. The average molecular weight is 1090 g/mol. The van der Waals surface area contributed by atoms with E-state index in [0.29, 0.717) is 35.5 Å². The van der Waals surface area contributed by atoms with E-state index in [2.05, 4.69) is 27.4 Å². The molecule has 0 bridgehead atoms. The second-order valence-corrected chi connectivity index (χ2v) is 20.6. The molecule has 19 nitrogen and oxygen atoms in total. The van der Waals surface area contributed by atoms with Gasteiger partial charge in [-0.3, -0.25) is 14.4 Å². The molecule has 1 aliphatic rings. The topological polar surface area (TPSA) is 260 Å². The van der Waals surface area contributed by atoms with Crippen LogP contribution in [0.3, 0.4) is 0 Å². The molecule has 4 aromatic rings. The van der Waals surface area contributed by atoms with E-state index in [9.17, 15) is 42.4 Å². The fourth-order valence-electron chi connectivity index (χ4n) is 7.27. The summed E-state index contributed by atoms with van der Waals surface area (Å²) in [6.45, 7) is 3.83. The van der Waals surface area contributed by atoms with Crippen LogP contribution in [0.2, 0.25) is 0 Å². The van der Waals surface area contributed by atoms with Crippen LogP contribution in [-0.2, 0) is 38.5 Å². The lowest BCUT2D eigenvalue weighted by atomic mass is 10.0. The first-order valence-electron chi connectivity index (χ1n) is 24.4. The number of rotatable bonds is 26. The molecule has 0 spiro atoms. The molecule has 2 heterocycles. The first-order chi connectivity index (χ1) is 36.4. The molecule has 1 atom stereocenters. The molecular weight excluding hydrogens is 1020 g/mol. The summed E-state index contributed by atoms with van der Waals surface area (Å²) in [5.74, 6) is -2.86. The Labute approximate surface area is 449 Å². The molecule has 0 aliphatic carbocycles. The van der Waals surface area contributed by atoms with Crippen LogP contribution in [0.5, 0.6) is 11.5 Å². The standard InChI is InChI=1S/C24H40N2O5S.C22H18N4O5S.C9H10O3/c1-4-5-6-7-8-9-10-11-12-13-16-32(29,30)18-20(2)24(28)26-21-14-15-23(31-3)22(17-21)25-19-27;1-25(2)18-11-9-15(32-18)8-10-16(22(30)31-3)19-17(12-23)24-26(20(19)27)14-6-4-13(5-7-14)21(28)29;1-11-8-5-3-7(4-6-8)9(10)12-2/h14-15,17,19-20H,4-13,16,18H2,1-3H3,(H,25,27)(H,26,28);4-11H,1-3H3,(H,28,29);3-6H,1-2H3/b;10-8+,19-16?;. The van der Waals surface area contributed by atoms with Crippen molar-refractivity contribution >= 4 is 91.2 Å². The lowest BCUT2D eigenvalue weighted by Gasteiger charge is -2.14. The van der Waals surface area contributed by atoms with Gasteiger partial charge in [0, 0.05) is 30.6 Å². The van der Waals surface area contributed by atoms with Gasteiger partial charge in [-0.05, 0) is 97.4 Å². The van der Waals surface area contributed by atoms with Crippen molar-refractivity contribution in [3.8, 4) is 17.6 Å². The van der Waals surface area contributed by atoms with Crippen molar-refractivity contribution < 1.29 is 61.2 Å². The van der Waals surface area contributed by atoms with Crippen LogP contribution in [0.4, 0.5) is 22.1 Å². The van der Waals surface area contributed by atoms with Gasteiger partial charge in [0.15, 0.2) is 15.5 Å². The molecule has 0 saturated heterocycles. The normalized spacial score (nSPS) is 12.9. The van der Waals surface area contributed by atoms with Gasteiger partial charge in [0.05, 0.1) is 78.6 Å². The van der Waals surface area contributed by atoms with Crippen LogP contribution >= 0.6 is 11.3 Å². The Morgan fingerprint density at radius 3 is 1.99 bits per heavy atom. The number of carbonyl (C=O) groups is 6. The summed E-state index contributed by atoms with van der Waals surface area (Å²) < 4.78 is 44.3. The number of carboxylic acids is 1. The summed E-state index contributed by atoms with van der Waals surface area (Å²) in [6, 6.07) is 22.6. The van der Waals surface area contributed by atoms with E-state index in [1.807, 2.05) is 37.2 Å². The molecule has 408 valence electrons. The highest BCUT2D eigenvalue weighted by Crippen LogP contribution is 2.30. The molecule has 1 aliphatic heterocycles. The third kappa shape index (κ3) is 20.1. The number of esters is 2. The van der Waals surface area contributed by atoms with E-state index in [0.717, 1.165) is 39.9 Å². The van der Waals surface area contributed by atoms with Crippen LogP contribution < -0.4 is 30.0 Å². The molecule has 3 amide bonds. The summed E-state index contributed by atoms with van der Waals surface area (Å²) in [4.78, 5) is 73.5. The number of sulfone groups is 1. The van der Waals surface area contributed by atoms with Crippen LogP contribution in [0.15, 0.2) is 101 Å². The van der Waals surface area contributed by atoms with Crippen LogP contribution in [0.25, 0.3) is 6.08 Å². The molecule has 1 aromatic heterocycles. The number of hydrogen-bond acceptors (Lipinski definition) is 16. The lowest BCUT2D eigenvalue weighted by molar-refractivity contribution is -0.136. The van der Waals surface area contributed by atoms with Crippen LogP contribution in [-0.4, -0.2) is 109 Å². The minimum absolute atomic E-state index is 0.0341. The van der Waals surface area contributed by atoms with Gasteiger partial charge < -0.3 is 39.6 Å². The smallest absolute Gasteiger partial charge is 0.338 e. The van der Waals surface area contributed by atoms with Crippen molar-refractivity contribution in [3.63, 3.8) is 0 Å². The quantitative estimate of drug-likeness (QED) is 0.0229. The molecule has 0 radical (unpaired) electrons. The summed E-state index contributed by atoms with van der Waals surface area (Å²) >= 11 is 1.48. The maximum atomic E-state index is 13.1. The van der Waals surface area contributed by atoms with Gasteiger partial charge in [0.25, 0.3) is 5.91 Å². The summed E-state index contributed by atoms with van der Waals surface area (Å²) in [5, 5.41) is 29.8. The minimum Gasteiger partial charge on any atom is -0.497 e. The molecule has 1 unspecified atom stereocenters. The van der Waals surface area contributed by atoms with Gasteiger partial charge in [0.1, 0.15) is 17.6 Å². The molecular formula is C55H68N6O13S2. The Morgan fingerprint density at radius 2 is 1.46 bits per heavy atom. The molecule has 3 N–H and O–H groups in total. The first-order valence-corrected chi connectivity index (χ1v) is 27.1. The monoisotopic (exact) mass is 1080 g/mol. The number of nitrogens with one attached hydrogen (secondary N) is 2. The third-order valence-electron chi connectivity index (χ3n) is 11.4. The Bertz CT molecular complexity index is 2830. The zero-order valence-electron chi connectivity index (χ0n) is 44.3. The van der Waals surface area contributed by atoms with Crippen molar-refractivity contribution in [1.82, 2.24) is 0 Å². The number of methoxy groups -OCH3 is 4. The third-order valence-corrected chi connectivity index (χ3v) is 14.5. The number of benzene rings is 3. The van der Waals surface area contributed by atoms with E-state index in [4.69, 9.17) is 19.3 Å².